The molecule has 2 aliphatic heterocycles. The van der Waals surface area contributed by atoms with E-state index in [-0.39, 0.29) is 24.2 Å². The van der Waals surface area contributed by atoms with E-state index >= 15 is 0 Å². The van der Waals surface area contributed by atoms with E-state index in [4.69, 9.17) is 0 Å². The lowest BCUT2D eigenvalue weighted by Crippen LogP contribution is -2.43. The second kappa shape index (κ2) is 9.60. The van der Waals surface area contributed by atoms with Crippen LogP contribution in [0.2, 0.25) is 0 Å². The van der Waals surface area contributed by atoms with Crippen LogP contribution in [0, 0.1) is 5.92 Å². The number of carbonyl (C=O) groups excluding carboxylic acids is 1. The first-order chi connectivity index (χ1) is 14.6. The highest BCUT2D eigenvalue weighted by Gasteiger charge is 2.25. The zero-order chi connectivity index (χ0) is 20.9. The maximum Gasteiger partial charge on any atom is 0.346 e. The minimum atomic E-state index is -0.160. The minimum Gasteiger partial charge on any atom is -0.353 e. The third-order valence-corrected chi connectivity index (χ3v) is 6.51. The fraction of sp³-hybridized carbons (Fsp3) is 0.609. The summed E-state index contributed by atoms with van der Waals surface area (Å²) >= 11 is 0. The number of piperidine rings is 1. The SMILES string of the molecule is CC1CCN(C(CNC(=O)Cn2nc3n(c2=O)CCCCC3)c2ccccc2)CC1. The maximum atomic E-state index is 12.7. The van der Waals surface area contributed by atoms with Crippen LogP contribution in [-0.2, 0) is 24.3 Å². The standard InChI is InChI=1S/C23H33N5O2/c1-18-11-14-26(15-12-18)20(19-8-4-2-5-9-19)16-24-22(29)17-28-23(30)27-13-7-3-6-10-21(27)25-28/h2,4-5,8-9,18,20H,3,6-7,10-17H2,1H3,(H,24,29). The average molecular weight is 412 g/mol. The second-order valence-corrected chi connectivity index (χ2v) is 8.77. The summed E-state index contributed by atoms with van der Waals surface area (Å²) in [7, 11) is 0. The molecule has 1 amide bonds. The summed E-state index contributed by atoms with van der Waals surface area (Å²) in [5.74, 6) is 1.42. The van der Waals surface area contributed by atoms with Crippen molar-refractivity contribution in [2.45, 2.75) is 64.6 Å². The van der Waals surface area contributed by atoms with Crippen molar-refractivity contribution in [2.75, 3.05) is 19.6 Å². The monoisotopic (exact) mass is 411 g/mol. The van der Waals surface area contributed by atoms with Gasteiger partial charge in [0, 0.05) is 19.5 Å². The van der Waals surface area contributed by atoms with E-state index in [0.29, 0.717) is 13.1 Å². The van der Waals surface area contributed by atoms with E-state index < -0.39 is 0 Å². The van der Waals surface area contributed by atoms with Gasteiger partial charge in [-0.3, -0.25) is 14.3 Å². The molecule has 3 heterocycles. The maximum absolute atomic E-state index is 12.7. The number of aromatic nitrogens is 3. The largest absolute Gasteiger partial charge is 0.353 e. The van der Waals surface area contributed by atoms with Gasteiger partial charge in [-0.25, -0.2) is 9.48 Å². The highest BCUT2D eigenvalue weighted by molar-refractivity contribution is 5.75. The van der Waals surface area contributed by atoms with Crippen molar-refractivity contribution in [1.29, 1.82) is 0 Å². The summed E-state index contributed by atoms with van der Waals surface area (Å²) in [4.78, 5) is 27.8. The Labute approximate surface area is 178 Å². The summed E-state index contributed by atoms with van der Waals surface area (Å²) in [6, 6.07) is 10.5. The number of fused-ring (bicyclic) bond motifs is 1. The third kappa shape index (κ3) is 4.83. The van der Waals surface area contributed by atoms with Gasteiger partial charge in [0.1, 0.15) is 12.4 Å². The molecule has 1 atom stereocenters. The number of nitrogens with zero attached hydrogens (tertiary/aromatic N) is 4. The van der Waals surface area contributed by atoms with Crippen LogP contribution in [-0.4, -0.2) is 44.8 Å². The molecule has 1 aromatic heterocycles. The number of benzene rings is 1. The topological polar surface area (TPSA) is 72.2 Å². The number of hydrogen-bond acceptors (Lipinski definition) is 4. The first-order valence-electron chi connectivity index (χ1n) is 11.3. The summed E-state index contributed by atoms with van der Waals surface area (Å²) in [5.41, 5.74) is 1.06. The smallest absolute Gasteiger partial charge is 0.346 e. The van der Waals surface area contributed by atoms with Crippen LogP contribution in [0.4, 0.5) is 0 Å². The van der Waals surface area contributed by atoms with E-state index in [0.717, 1.165) is 50.5 Å². The van der Waals surface area contributed by atoms with Crippen LogP contribution in [0.25, 0.3) is 0 Å². The van der Waals surface area contributed by atoms with Gasteiger partial charge in [0.2, 0.25) is 5.91 Å². The normalized spacial score (nSPS) is 19.1. The van der Waals surface area contributed by atoms with Gasteiger partial charge in [-0.15, -0.1) is 0 Å². The van der Waals surface area contributed by atoms with Crippen molar-refractivity contribution in [3.63, 3.8) is 0 Å². The predicted octanol–water partition coefficient (Wildman–Crippen LogP) is 2.36. The van der Waals surface area contributed by atoms with Crippen molar-refractivity contribution in [2.24, 2.45) is 5.92 Å². The van der Waals surface area contributed by atoms with Crippen LogP contribution >= 0.6 is 0 Å². The number of amides is 1. The van der Waals surface area contributed by atoms with Gasteiger partial charge in [-0.1, -0.05) is 43.7 Å². The molecule has 7 heteroatoms. The molecule has 0 saturated carbocycles. The molecule has 1 unspecified atom stereocenters. The quantitative estimate of drug-likeness (QED) is 0.792. The van der Waals surface area contributed by atoms with Gasteiger partial charge < -0.3 is 5.32 Å². The van der Waals surface area contributed by atoms with Crippen molar-refractivity contribution >= 4 is 5.91 Å². The van der Waals surface area contributed by atoms with Gasteiger partial charge in [0.05, 0.1) is 6.04 Å². The molecular weight excluding hydrogens is 378 g/mol. The fourth-order valence-corrected chi connectivity index (χ4v) is 4.60. The Morgan fingerprint density at radius 3 is 2.67 bits per heavy atom. The van der Waals surface area contributed by atoms with Crippen LogP contribution in [0.5, 0.6) is 0 Å². The molecule has 162 valence electrons. The Morgan fingerprint density at radius 1 is 1.13 bits per heavy atom. The molecule has 1 aromatic carbocycles. The summed E-state index contributed by atoms with van der Waals surface area (Å²) in [6.45, 7) is 5.63. The fourth-order valence-electron chi connectivity index (χ4n) is 4.60. The first-order valence-corrected chi connectivity index (χ1v) is 11.3. The molecule has 4 rings (SSSR count). The third-order valence-electron chi connectivity index (χ3n) is 6.51. The van der Waals surface area contributed by atoms with Gasteiger partial charge >= 0.3 is 5.69 Å². The molecule has 1 N–H and O–H groups in total. The van der Waals surface area contributed by atoms with E-state index in [1.807, 2.05) is 6.07 Å². The highest BCUT2D eigenvalue weighted by atomic mass is 16.2. The summed E-state index contributed by atoms with van der Waals surface area (Å²) in [6.07, 6.45) is 6.36. The molecule has 2 aliphatic rings. The van der Waals surface area contributed by atoms with Gasteiger partial charge in [-0.05, 0) is 50.3 Å². The molecule has 2 aromatic rings. The van der Waals surface area contributed by atoms with Crippen LogP contribution < -0.4 is 11.0 Å². The van der Waals surface area contributed by atoms with Gasteiger partial charge in [0.15, 0.2) is 0 Å². The molecule has 1 saturated heterocycles. The second-order valence-electron chi connectivity index (χ2n) is 8.77. The van der Waals surface area contributed by atoms with Crippen molar-refractivity contribution < 1.29 is 4.79 Å². The van der Waals surface area contributed by atoms with Crippen LogP contribution in [0.3, 0.4) is 0 Å². The van der Waals surface area contributed by atoms with Crippen molar-refractivity contribution in [3.8, 4) is 0 Å². The predicted molar refractivity (Wildman–Crippen MR) is 116 cm³/mol. The molecule has 30 heavy (non-hydrogen) atoms. The van der Waals surface area contributed by atoms with E-state index in [1.54, 1.807) is 4.57 Å². The van der Waals surface area contributed by atoms with Crippen molar-refractivity contribution in [3.05, 3.63) is 52.2 Å². The molecule has 7 nitrogen and oxygen atoms in total. The van der Waals surface area contributed by atoms with Gasteiger partial charge in [-0.2, -0.15) is 5.10 Å². The number of rotatable bonds is 6. The Morgan fingerprint density at radius 2 is 1.90 bits per heavy atom. The minimum absolute atomic E-state index is 0.0165. The number of hydrogen-bond donors (Lipinski definition) is 1. The Balaban J connectivity index is 1.41. The number of nitrogens with one attached hydrogen (secondary N) is 1. The lowest BCUT2D eigenvalue weighted by Gasteiger charge is -2.37. The Bertz CT molecular complexity index is 896. The van der Waals surface area contributed by atoms with Gasteiger partial charge in [0.25, 0.3) is 0 Å². The Kier molecular flexibility index (Phi) is 6.67. The number of likely N-dealkylation sites (tertiary alicyclic amines) is 1. The lowest BCUT2D eigenvalue weighted by atomic mass is 9.95. The van der Waals surface area contributed by atoms with Crippen LogP contribution in [0.1, 0.15) is 56.5 Å². The summed E-state index contributed by atoms with van der Waals surface area (Å²) in [5, 5.41) is 7.50. The molecule has 0 bridgehead atoms. The van der Waals surface area contributed by atoms with Crippen LogP contribution in [0.15, 0.2) is 35.1 Å². The first kappa shape index (κ1) is 20.8. The molecule has 0 radical (unpaired) electrons. The zero-order valence-electron chi connectivity index (χ0n) is 17.9. The molecule has 0 aliphatic carbocycles. The Hall–Kier alpha value is -2.41. The van der Waals surface area contributed by atoms with Crippen molar-refractivity contribution in [1.82, 2.24) is 24.6 Å². The van der Waals surface area contributed by atoms with E-state index in [1.165, 1.54) is 23.1 Å². The van der Waals surface area contributed by atoms with E-state index in [2.05, 4.69) is 46.5 Å². The lowest BCUT2D eigenvalue weighted by molar-refractivity contribution is -0.122. The molecule has 0 spiro atoms. The highest BCUT2D eigenvalue weighted by Crippen LogP contribution is 2.26. The average Bonchev–Trinajstić information content (AvgIpc) is 2.92. The number of carbonyl (C=O) groups is 1. The summed E-state index contributed by atoms with van der Waals surface area (Å²) < 4.78 is 3.07. The zero-order valence-corrected chi connectivity index (χ0v) is 17.9. The molecule has 1 fully saturated rings. The number of aryl methyl sites for hydroxylation is 1. The van der Waals surface area contributed by atoms with E-state index in [9.17, 15) is 9.59 Å². The molecular formula is C23H33N5O2.